The molecule has 4 aromatic rings. The zero-order valence-electron chi connectivity index (χ0n) is 22.1. The minimum Gasteiger partial charge on any atom is -0.338 e. The van der Waals surface area contributed by atoms with Gasteiger partial charge in [0, 0.05) is 25.1 Å². The molecule has 4 rings (SSSR count). The Morgan fingerprint density at radius 2 is 1.36 bits per heavy atom. The van der Waals surface area contributed by atoms with Crippen LogP contribution in [-0.4, -0.2) is 29.8 Å². The van der Waals surface area contributed by atoms with Gasteiger partial charge in [0.15, 0.2) is 0 Å². The maximum Gasteiger partial charge on any atom is 0.416 e. The second kappa shape index (κ2) is 12.4. The fourth-order valence-electron chi connectivity index (χ4n) is 4.55. The molecule has 0 aromatic heterocycles. The van der Waals surface area contributed by atoms with E-state index in [1.807, 2.05) is 36.4 Å². The van der Waals surface area contributed by atoms with E-state index in [-0.39, 0.29) is 18.9 Å². The highest BCUT2D eigenvalue weighted by Crippen LogP contribution is 2.36. The lowest BCUT2D eigenvalue weighted by atomic mass is 9.97. The third-order valence-electron chi connectivity index (χ3n) is 6.79. The minimum atomic E-state index is -5.12. The van der Waals surface area contributed by atoms with E-state index in [1.54, 1.807) is 36.4 Å². The van der Waals surface area contributed by atoms with Crippen LogP contribution in [0.4, 0.5) is 26.3 Å². The third kappa shape index (κ3) is 7.61. The predicted molar refractivity (Wildman–Crippen MR) is 148 cm³/mol. The van der Waals surface area contributed by atoms with Crippen LogP contribution in [0.1, 0.15) is 44.5 Å². The van der Waals surface area contributed by atoms with E-state index in [0.717, 1.165) is 15.7 Å². The minimum absolute atomic E-state index is 0.0407. The number of benzene rings is 4. The smallest absolute Gasteiger partial charge is 0.338 e. The van der Waals surface area contributed by atoms with Crippen LogP contribution >= 0.6 is 11.6 Å². The van der Waals surface area contributed by atoms with Gasteiger partial charge < -0.3 is 10.2 Å². The molecule has 1 N–H and O–H groups in total. The summed E-state index contributed by atoms with van der Waals surface area (Å²) in [6.45, 7) is 0. The fourth-order valence-corrected chi connectivity index (χ4v) is 4.82. The lowest BCUT2D eigenvalue weighted by Crippen LogP contribution is -2.42. The first kappa shape index (κ1) is 30.9. The lowest BCUT2D eigenvalue weighted by Gasteiger charge is -2.29. The zero-order chi connectivity index (χ0) is 30.7. The summed E-state index contributed by atoms with van der Waals surface area (Å²) in [5, 5.41) is 4.45. The number of fused-ring (bicyclic) bond motifs is 1. The van der Waals surface area contributed by atoms with Crippen molar-refractivity contribution in [1.82, 2.24) is 10.2 Å². The van der Waals surface area contributed by atoms with E-state index in [4.69, 9.17) is 11.6 Å². The van der Waals surface area contributed by atoms with Crippen molar-refractivity contribution in [3.8, 4) is 0 Å². The van der Waals surface area contributed by atoms with E-state index in [2.05, 4.69) is 5.32 Å². The van der Waals surface area contributed by atoms with Gasteiger partial charge in [0.25, 0.3) is 5.91 Å². The van der Waals surface area contributed by atoms with Gasteiger partial charge in [0.2, 0.25) is 5.91 Å². The predicted octanol–water partition coefficient (Wildman–Crippen LogP) is 8.00. The number of amides is 2. The Labute approximate surface area is 242 Å². The van der Waals surface area contributed by atoms with E-state index in [0.29, 0.717) is 23.3 Å². The Morgan fingerprint density at radius 1 is 0.786 bits per heavy atom. The number of carbonyl (C=O) groups is 2. The summed E-state index contributed by atoms with van der Waals surface area (Å²) in [6, 6.07) is 21.4. The molecule has 2 unspecified atom stereocenters. The lowest BCUT2D eigenvalue weighted by molar-refractivity contribution is -0.143. The Balaban J connectivity index is 1.66. The van der Waals surface area contributed by atoms with Crippen molar-refractivity contribution in [2.75, 3.05) is 7.05 Å². The molecule has 0 aliphatic heterocycles. The SMILES string of the molecule is CN(C(=O)c1cc(C(F)(F)F)cc(C(F)(F)F)c1)C(CC(=O)NC(Cl)c1ccccc1)Cc1ccc2ccccc2c1. The van der Waals surface area contributed by atoms with Gasteiger partial charge in [-0.3, -0.25) is 9.59 Å². The Kier molecular flexibility index (Phi) is 9.15. The Morgan fingerprint density at radius 3 is 1.95 bits per heavy atom. The van der Waals surface area contributed by atoms with Crippen LogP contribution in [-0.2, 0) is 23.6 Å². The number of halogens is 7. The van der Waals surface area contributed by atoms with Crippen molar-refractivity contribution in [3.63, 3.8) is 0 Å². The fraction of sp³-hybridized carbons (Fsp3) is 0.226. The topological polar surface area (TPSA) is 49.4 Å². The van der Waals surface area contributed by atoms with Crippen LogP contribution in [0.5, 0.6) is 0 Å². The van der Waals surface area contributed by atoms with Crippen molar-refractivity contribution in [2.24, 2.45) is 0 Å². The van der Waals surface area contributed by atoms with Gasteiger partial charge >= 0.3 is 12.4 Å². The molecule has 0 aliphatic carbocycles. The summed E-state index contributed by atoms with van der Waals surface area (Å²) in [5.74, 6) is -1.67. The number of rotatable bonds is 8. The largest absolute Gasteiger partial charge is 0.416 e. The molecule has 4 nitrogen and oxygen atoms in total. The first-order valence-electron chi connectivity index (χ1n) is 12.7. The average Bonchev–Trinajstić information content (AvgIpc) is 2.95. The van der Waals surface area contributed by atoms with Gasteiger partial charge in [-0.25, -0.2) is 0 Å². The summed E-state index contributed by atoms with van der Waals surface area (Å²) in [4.78, 5) is 27.4. The number of alkyl halides is 7. The summed E-state index contributed by atoms with van der Waals surface area (Å²) in [7, 11) is 1.24. The summed E-state index contributed by atoms with van der Waals surface area (Å²) in [6.07, 6.45) is -10.5. The van der Waals surface area contributed by atoms with E-state index in [1.165, 1.54) is 7.05 Å². The molecule has 42 heavy (non-hydrogen) atoms. The van der Waals surface area contributed by atoms with Crippen molar-refractivity contribution >= 4 is 34.2 Å². The van der Waals surface area contributed by atoms with Gasteiger partial charge in [-0.05, 0) is 46.5 Å². The van der Waals surface area contributed by atoms with E-state index >= 15 is 0 Å². The number of likely N-dealkylation sites (N-methyl/N-ethyl adjacent to an activating group) is 1. The number of hydrogen-bond donors (Lipinski definition) is 1. The highest BCUT2D eigenvalue weighted by molar-refractivity contribution is 6.21. The number of nitrogens with one attached hydrogen (secondary N) is 1. The van der Waals surface area contributed by atoms with E-state index in [9.17, 15) is 35.9 Å². The normalized spacial score (nSPS) is 13.4. The van der Waals surface area contributed by atoms with Crippen LogP contribution in [0.25, 0.3) is 10.8 Å². The molecule has 11 heteroatoms. The van der Waals surface area contributed by atoms with Gasteiger partial charge in [-0.15, -0.1) is 0 Å². The highest BCUT2D eigenvalue weighted by atomic mass is 35.5. The van der Waals surface area contributed by atoms with Crippen molar-refractivity contribution in [1.29, 1.82) is 0 Å². The highest BCUT2D eigenvalue weighted by Gasteiger charge is 2.38. The quantitative estimate of drug-likeness (QED) is 0.126. The Bertz CT molecular complexity index is 1540. The third-order valence-corrected chi connectivity index (χ3v) is 7.15. The zero-order valence-corrected chi connectivity index (χ0v) is 22.9. The molecule has 2 amide bonds. The summed E-state index contributed by atoms with van der Waals surface area (Å²) >= 11 is 6.34. The monoisotopic (exact) mass is 606 g/mol. The molecule has 2 atom stereocenters. The molecule has 4 aromatic carbocycles. The summed E-state index contributed by atoms with van der Waals surface area (Å²) < 4.78 is 80.7. The van der Waals surface area contributed by atoms with Gasteiger partial charge in [0.1, 0.15) is 5.50 Å². The van der Waals surface area contributed by atoms with Crippen LogP contribution in [0.3, 0.4) is 0 Å². The molecule has 220 valence electrons. The van der Waals surface area contributed by atoms with E-state index < -0.39 is 52.4 Å². The van der Waals surface area contributed by atoms with Crippen LogP contribution in [0.15, 0.2) is 91.0 Å². The number of nitrogens with zero attached hydrogens (tertiary/aromatic N) is 1. The van der Waals surface area contributed by atoms with Crippen LogP contribution in [0, 0.1) is 0 Å². The van der Waals surface area contributed by atoms with Crippen LogP contribution < -0.4 is 5.32 Å². The molecular weight excluding hydrogens is 582 g/mol. The molecule has 0 saturated carbocycles. The molecule has 0 bridgehead atoms. The number of hydrogen-bond acceptors (Lipinski definition) is 2. The van der Waals surface area contributed by atoms with Gasteiger partial charge in [0.05, 0.1) is 11.1 Å². The second-order valence-electron chi connectivity index (χ2n) is 9.79. The number of carbonyl (C=O) groups excluding carboxylic acids is 2. The molecule has 0 aliphatic rings. The van der Waals surface area contributed by atoms with Crippen molar-refractivity contribution in [2.45, 2.75) is 36.7 Å². The van der Waals surface area contributed by atoms with Crippen molar-refractivity contribution < 1.29 is 35.9 Å². The van der Waals surface area contributed by atoms with Crippen LogP contribution in [0.2, 0.25) is 0 Å². The second-order valence-corrected chi connectivity index (χ2v) is 10.2. The Hall–Kier alpha value is -4.05. The summed E-state index contributed by atoms with van der Waals surface area (Å²) in [5.41, 5.74) is -3.61. The molecule has 0 radical (unpaired) electrons. The van der Waals surface area contributed by atoms with Crippen molar-refractivity contribution in [3.05, 3.63) is 119 Å². The van der Waals surface area contributed by atoms with Gasteiger partial charge in [-0.2, -0.15) is 26.3 Å². The first-order valence-corrected chi connectivity index (χ1v) is 13.2. The first-order chi connectivity index (χ1) is 19.7. The molecule has 0 heterocycles. The molecular formula is C31H25ClF6N2O2. The standard InChI is InChI=1S/C31H25ClF6N2O2/c1-40(29(42)23-15-24(30(33,34)35)17-25(16-23)31(36,37)38)26(14-19-11-12-20-7-5-6-10-22(20)13-19)18-27(41)39-28(32)21-8-3-2-4-9-21/h2-13,15-17,26,28H,14,18H2,1H3,(H,39,41). The average molecular weight is 607 g/mol. The molecule has 0 saturated heterocycles. The van der Waals surface area contributed by atoms with Gasteiger partial charge in [-0.1, -0.05) is 84.4 Å². The maximum absolute atomic E-state index is 13.5. The maximum atomic E-state index is 13.5. The molecule has 0 fully saturated rings. The molecule has 0 spiro atoms.